The van der Waals surface area contributed by atoms with Gasteiger partial charge in [-0.2, -0.15) is 0 Å². The van der Waals surface area contributed by atoms with Crippen LogP contribution >= 0.6 is 0 Å². The molecule has 1 amide bonds. The summed E-state index contributed by atoms with van der Waals surface area (Å²) < 4.78 is 35.6. The molecule has 2 heterocycles. The van der Waals surface area contributed by atoms with Gasteiger partial charge in [0.05, 0.1) is 11.1 Å². The minimum absolute atomic E-state index is 0.101. The number of carboxylic acids is 1. The fourth-order valence-electron chi connectivity index (χ4n) is 4.53. The van der Waals surface area contributed by atoms with Gasteiger partial charge in [-0.25, -0.2) is 4.98 Å². The molecule has 0 saturated heterocycles. The van der Waals surface area contributed by atoms with Gasteiger partial charge in [0, 0.05) is 0 Å². The van der Waals surface area contributed by atoms with E-state index in [2.05, 4.69) is 19.8 Å². The molecule has 1 fully saturated rings. The molecule has 0 spiro atoms. The number of halogens is 2. The van der Waals surface area contributed by atoms with Crippen LogP contribution in [0.15, 0.2) is 30.3 Å². The highest BCUT2D eigenvalue weighted by Gasteiger charge is 2.45. The van der Waals surface area contributed by atoms with Crippen molar-refractivity contribution in [3.05, 3.63) is 47.2 Å². The largest absolute Gasteiger partial charge is 0.586 e. The van der Waals surface area contributed by atoms with E-state index in [1.165, 1.54) is 18.2 Å². The SMILES string of the molecule is Cc1ccc(NC(=O)C(C)(C)c2ccc3c(c2)OC(F)(F)O3)nc1C1(C(=O)O)CCCCC1. The van der Waals surface area contributed by atoms with Crippen LogP contribution in [0.2, 0.25) is 0 Å². The summed E-state index contributed by atoms with van der Waals surface area (Å²) in [6.07, 6.45) is -0.142. The number of benzene rings is 1. The van der Waals surface area contributed by atoms with Gasteiger partial charge < -0.3 is 19.9 Å². The fraction of sp³-hybridized carbons (Fsp3) is 0.458. The molecule has 1 aliphatic carbocycles. The molecule has 0 radical (unpaired) electrons. The number of carboxylic acid groups (broad SMARTS) is 1. The smallest absolute Gasteiger partial charge is 0.481 e. The highest BCUT2D eigenvalue weighted by Crippen LogP contribution is 2.43. The molecule has 7 nitrogen and oxygen atoms in total. The second-order valence-electron chi connectivity index (χ2n) is 9.22. The number of nitrogens with zero attached hydrogens (tertiary/aromatic N) is 1. The van der Waals surface area contributed by atoms with Gasteiger partial charge in [-0.05, 0) is 62.9 Å². The highest BCUT2D eigenvalue weighted by molar-refractivity contribution is 5.98. The van der Waals surface area contributed by atoms with Gasteiger partial charge in [0.1, 0.15) is 11.2 Å². The van der Waals surface area contributed by atoms with Crippen molar-refractivity contribution in [2.45, 2.75) is 70.0 Å². The van der Waals surface area contributed by atoms with E-state index in [0.29, 0.717) is 24.1 Å². The quantitative estimate of drug-likeness (QED) is 0.658. The first kappa shape index (κ1) is 22.9. The van der Waals surface area contributed by atoms with Gasteiger partial charge in [0.25, 0.3) is 0 Å². The second kappa shape index (κ2) is 7.97. The highest BCUT2D eigenvalue weighted by atomic mass is 19.3. The molecule has 2 aliphatic rings. The van der Waals surface area contributed by atoms with E-state index in [1.54, 1.807) is 26.0 Å². The first-order valence-corrected chi connectivity index (χ1v) is 10.9. The molecule has 0 atom stereocenters. The third-order valence-corrected chi connectivity index (χ3v) is 6.60. The number of amides is 1. The molecule has 2 N–H and O–H groups in total. The Kier molecular flexibility index (Phi) is 5.54. The summed E-state index contributed by atoms with van der Waals surface area (Å²) in [5.41, 5.74) is -0.523. The first-order valence-electron chi connectivity index (χ1n) is 10.9. The second-order valence-corrected chi connectivity index (χ2v) is 9.22. The Morgan fingerprint density at radius 1 is 1.06 bits per heavy atom. The number of hydrogen-bond acceptors (Lipinski definition) is 5. The molecule has 1 aromatic carbocycles. The monoisotopic (exact) mass is 460 g/mol. The van der Waals surface area contributed by atoms with E-state index in [-0.39, 0.29) is 17.3 Å². The maximum Gasteiger partial charge on any atom is 0.586 e. The zero-order valence-corrected chi connectivity index (χ0v) is 18.7. The lowest BCUT2D eigenvalue weighted by Crippen LogP contribution is -2.40. The molecular weight excluding hydrogens is 434 g/mol. The molecule has 0 bridgehead atoms. The van der Waals surface area contributed by atoms with Crippen molar-refractivity contribution >= 4 is 17.7 Å². The number of ether oxygens (including phenoxy) is 2. The number of hydrogen-bond donors (Lipinski definition) is 2. The predicted molar refractivity (Wildman–Crippen MR) is 116 cm³/mol. The Bertz CT molecular complexity index is 1110. The van der Waals surface area contributed by atoms with E-state index in [4.69, 9.17) is 0 Å². The van der Waals surface area contributed by atoms with Crippen molar-refractivity contribution in [2.75, 3.05) is 5.32 Å². The average Bonchev–Trinajstić information content (AvgIpc) is 3.08. The average molecular weight is 460 g/mol. The summed E-state index contributed by atoms with van der Waals surface area (Å²) in [6.45, 7) is 5.11. The summed E-state index contributed by atoms with van der Waals surface area (Å²) in [4.78, 5) is 30.0. The number of carbonyl (C=O) groups excluding carboxylic acids is 1. The summed E-state index contributed by atoms with van der Waals surface area (Å²) >= 11 is 0. The number of fused-ring (bicyclic) bond motifs is 1. The first-order chi connectivity index (χ1) is 15.4. The van der Waals surface area contributed by atoms with Crippen LogP contribution < -0.4 is 14.8 Å². The number of nitrogens with one attached hydrogen (secondary N) is 1. The Labute approximate surface area is 190 Å². The Balaban J connectivity index is 1.60. The van der Waals surface area contributed by atoms with Crippen molar-refractivity contribution in [2.24, 2.45) is 0 Å². The van der Waals surface area contributed by atoms with Crippen LogP contribution in [-0.4, -0.2) is 28.3 Å². The molecule has 33 heavy (non-hydrogen) atoms. The topological polar surface area (TPSA) is 97.8 Å². The van der Waals surface area contributed by atoms with Crippen molar-refractivity contribution in [3.8, 4) is 11.5 Å². The van der Waals surface area contributed by atoms with Crippen LogP contribution in [0.3, 0.4) is 0 Å². The maximum atomic E-state index is 13.3. The van der Waals surface area contributed by atoms with Crippen LogP contribution in [0.5, 0.6) is 11.5 Å². The zero-order valence-electron chi connectivity index (χ0n) is 18.7. The lowest BCUT2D eigenvalue weighted by Gasteiger charge is -2.34. The lowest BCUT2D eigenvalue weighted by molar-refractivity contribution is -0.286. The lowest BCUT2D eigenvalue weighted by atomic mass is 9.70. The van der Waals surface area contributed by atoms with Gasteiger partial charge in [-0.15, -0.1) is 8.78 Å². The van der Waals surface area contributed by atoms with Gasteiger partial charge in [0.15, 0.2) is 11.5 Å². The number of aromatic nitrogens is 1. The fourth-order valence-corrected chi connectivity index (χ4v) is 4.53. The van der Waals surface area contributed by atoms with Crippen molar-refractivity contribution in [1.82, 2.24) is 4.98 Å². The van der Waals surface area contributed by atoms with E-state index in [0.717, 1.165) is 24.8 Å². The van der Waals surface area contributed by atoms with Crippen molar-refractivity contribution in [3.63, 3.8) is 0 Å². The number of rotatable bonds is 5. The number of pyridine rings is 1. The standard InChI is InChI=1S/C24H26F2N2O5/c1-14-7-10-18(27-19(14)23(21(30)31)11-5-4-6-12-23)28-20(29)22(2,3)15-8-9-16-17(13-15)33-24(25,26)32-16/h7-10,13H,4-6,11-12H2,1-3H3,(H,30,31)(H,27,28,29). The normalized spacial score (nSPS) is 18.6. The van der Waals surface area contributed by atoms with Crippen LogP contribution in [0.4, 0.5) is 14.6 Å². The van der Waals surface area contributed by atoms with Gasteiger partial charge in [-0.3, -0.25) is 9.59 Å². The van der Waals surface area contributed by atoms with E-state index >= 15 is 0 Å². The molecule has 1 aliphatic heterocycles. The van der Waals surface area contributed by atoms with E-state index < -0.39 is 29.0 Å². The summed E-state index contributed by atoms with van der Waals surface area (Å²) in [5, 5.41) is 12.8. The van der Waals surface area contributed by atoms with Crippen molar-refractivity contribution < 1.29 is 33.0 Å². The predicted octanol–water partition coefficient (Wildman–Crippen LogP) is 4.91. The molecule has 2 aromatic rings. The Morgan fingerprint density at radius 3 is 2.39 bits per heavy atom. The van der Waals surface area contributed by atoms with Crippen molar-refractivity contribution in [1.29, 1.82) is 0 Å². The van der Waals surface area contributed by atoms with Gasteiger partial charge in [0.2, 0.25) is 5.91 Å². The van der Waals surface area contributed by atoms with E-state index in [9.17, 15) is 23.5 Å². The molecular formula is C24H26F2N2O5. The van der Waals surface area contributed by atoms with Gasteiger partial charge in [-0.1, -0.05) is 31.4 Å². The summed E-state index contributed by atoms with van der Waals surface area (Å²) in [5.74, 6) is -1.33. The zero-order chi connectivity index (χ0) is 24.0. The molecule has 0 unspecified atom stereocenters. The molecule has 1 aromatic heterocycles. The minimum atomic E-state index is -3.74. The minimum Gasteiger partial charge on any atom is -0.481 e. The molecule has 9 heteroatoms. The van der Waals surface area contributed by atoms with Gasteiger partial charge >= 0.3 is 12.3 Å². The van der Waals surface area contributed by atoms with Crippen LogP contribution in [-0.2, 0) is 20.4 Å². The van der Waals surface area contributed by atoms with Crippen LogP contribution in [0, 0.1) is 6.92 Å². The summed E-state index contributed by atoms with van der Waals surface area (Å²) in [6, 6.07) is 7.60. The number of carbonyl (C=O) groups is 2. The third kappa shape index (κ3) is 4.12. The molecule has 1 saturated carbocycles. The molecule has 4 rings (SSSR count). The number of aryl methyl sites for hydroxylation is 1. The summed E-state index contributed by atoms with van der Waals surface area (Å²) in [7, 11) is 0. The van der Waals surface area contributed by atoms with E-state index in [1.807, 2.05) is 6.92 Å². The Hall–Kier alpha value is -3.23. The van der Waals surface area contributed by atoms with Crippen LogP contribution in [0.1, 0.15) is 62.8 Å². The maximum absolute atomic E-state index is 13.3. The number of anilines is 1. The number of aliphatic carboxylic acids is 1. The molecule has 176 valence electrons. The third-order valence-electron chi connectivity index (χ3n) is 6.60. The van der Waals surface area contributed by atoms with Crippen LogP contribution in [0.25, 0.3) is 0 Å². The number of alkyl halides is 2. The Morgan fingerprint density at radius 2 is 1.73 bits per heavy atom.